The van der Waals surface area contributed by atoms with E-state index in [1.54, 1.807) is 0 Å². The van der Waals surface area contributed by atoms with Gasteiger partial charge in [0.2, 0.25) is 0 Å². The van der Waals surface area contributed by atoms with Crippen LogP contribution in [0.4, 0.5) is 0 Å². The molecule has 15 heavy (non-hydrogen) atoms. The van der Waals surface area contributed by atoms with E-state index < -0.39 is 0 Å². The molecule has 1 nitrogen and oxygen atoms in total. The topological polar surface area (TPSA) is 17.1 Å². The maximum Gasteiger partial charge on any atom is 0.150 e. The maximum absolute atomic E-state index is 10.8. The summed E-state index contributed by atoms with van der Waals surface area (Å²) in [5, 5.41) is 2.16. The second kappa shape index (κ2) is 5.30. The molecule has 78 valence electrons. The SMILES string of the molecule is CC.Cc1cc(C=O)c2ccccc2c1. The zero-order chi connectivity index (χ0) is 11.3. The lowest BCUT2D eigenvalue weighted by molar-refractivity contribution is 0.112. The Hall–Kier alpha value is -1.63. The normalized spacial score (nSPS) is 9.27. The lowest BCUT2D eigenvalue weighted by atomic mass is 10.0. The molecular formula is C14H16O. The van der Waals surface area contributed by atoms with Crippen LogP contribution >= 0.6 is 0 Å². The van der Waals surface area contributed by atoms with Gasteiger partial charge in [-0.3, -0.25) is 4.79 Å². The van der Waals surface area contributed by atoms with Crippen LogP contribution in [0.3, 0.4) is 0 Å². The van der Waals surface area contributed by atoms with E-state index in [0.29, 0.717) is 0 Å². The molecular weight excluding hydrogens is 184 g/mol. The van der Waals surface area contributed by atoms with Crippen molar-refractivity contribution in [1.29, 1.82) is 0 Å². The summed E-state index contributed by atoms with van der Waals surface area (Å²) >= 11 is 0. The minimum Gasteiger partial charge on any atom is -0.298 e. The first-order valence-electron chi connectivity index (χ1n) is 5.26. The molecule has 1 heteroatoms. The van der Waals surface area contributed by atoms with Gasteiger partial charge in [-0.1, -0.05) is 44.2 Å². The summed E-state index contributed by atoms with van der Waals surface area (Å²) in [5.41, 5.74) is 1.90. The third-order valence-corrected chi connectivity index (χ3v) is 2.17. The molecule has 0 heterocycles. The fraction of sp³-hybridized carbons (Fsp3) is 0.214. The largest absolute Gasteiger partial charge is 0.298 e. The number of carbonyl (C=O) groups excluding carboxylic acids is 1. The maximum atomic E-state index is 10.8. The number of aldehydes is 1. The second-order valence-corrected chi connectivity index (χ2v) is 3.19. The van der Waals surface area contributed by atoms with Crippen LogP contribution in [-0.4, -0.2) is 6.29 Å². The van der Waals surface area contributed by atoms with Crippen molar-refractivity contribution in [3.8, 4) is 0 Å². The van der Waals surface area contributed by atoms with Gasteiger partial charge in [0.25, 0.3) is 0 Å². The number of carbonyl (C=O) groups is 1. The first-order chi connectivity index (χ1) is 7.31. The van der Waals surface area contributed by atoms with Crippen LogP contribution in [0, 0.1) is 6.92 Å². The highest BCUT2D eigenvalue weighted by Gasteiger charge is 1.99. The van der Waals surface area contributed by atoms with Gasteiger partial charge in [0.15, 0.2) is 6.29 Å². The number of aryl methyl sites for hydroxylation is 1. The monoisotopic (exact) mass is 200 g/mol. The van der Waals surface area contributed by atoms with Crippen LogP contribution in [0.1, 0.15) is 29.8 Å². The smallest absolute Gasteiger partial charge is 0.150 e. The van der Waals surface area contributed by atoms with E-state index in [0.717, 1.165) is 28.2 Å². The van der Waals surface area contributed by atoms with Crippen molar-refractivity contribution in [3.05, 3.63) is 47.5 Å². The molecule has 0 bridgehead atoms. The van der Waals surface area contributed by atoms with Crippen molar-refractivity contribution in [3.63, 3.8) is 0 Å². The lowest BCUT2D eigenvalue weighted by Crippen LogP contribution is -1.84. The van der Waals surface area contributed by atoms with Crippen LogP contribution in [0.15, 0.2) is 36.4 Å². The first kappa shape index (κ1) is 11.4. The molecule has 0 amide bonds. The third-order valence-electron chi connectivity index (χ3n) is 2.17. The van der Waals surface area contributed by atoms with Gasteiger partial charge in [0.05, 0.1) is 0 Å². The quantitative estimate of drug-likeness (QED) is 0.636. The molecule has 0 aliphatic carbocycles. The predicted octanol–water partition coefficient (Wildman–Crippen LogP) is 3.99. The number of rotatable bonds is 1. The van der Waals surface area contributed by atoms with Gasteiger partial charge in [-0.25, -0.2) is 0 Å². The Labute approximate surface area is 90.7 Å². The van der Waals surface area contributed by atoms with Crippen molar-refractivity contribution < 1.29 is 4.79 Å². The predicted molar refractivity (Wildman–Crippen MR) is 65.4 cm³/mol. The summed E-state index contributed by atoms with van der Waals surface area (Å²) in [5.74, 6) is 0. The summed E-state index contributed by atoms with van der Waals surface area (Å²) in [6.45, 7) is 6.00. The van der Waals surface area contributed by atoms with Gasteiger partial charge in [0, 0.05) is 5.56 Å². The number of hydrogen-bond donors (Lipinski definition) is 0. The average molecular weight is 200 g/mol. The molecule has 0 radical (unpaired) electrons. The van der Waals surface area contributed by atoms with E-state index in [1.807, 2.05) is 51.1 Å². The van der Waals surface area contributed by atoms with Crippen LogP contribution in [0.5, 0.6) is 0 Å². The molecule has 0 saturated carbocycles. The van der Waals surface area contributed by atoms with Crippen LogP contribution < -0.4 is 0 Å². The number of benzene rings is 2. The second-order valence-electron chi connectivity index (χ2n) is 3.19. The molecule has 0 aliphatic heterocycles. The summed E-state index contributed by atoms with van der Waals surface area (Å²) in [6, 6.07) is 11.9. The highest BCUT2D eigenvalue weighted by atomic mass is 16.1. The summed E-state index contributed by atoms with van der Waals surface area (Å²) in [7, 11) is 0. The Balaban J connectivity index is 0.000000531. The summed E-state index contributed by atoms with van der Waals surface area (Å²) < 4.78 is 0. The highest BCUT2D eigenvalue weighted by molar-refractivity contribution is 5.98. The Morgan fingerprint density at radius 1 is 1.07 bits per heavy atom. The van der Waals surface area contributed by atoms with E-state index in [2.05, 4.69) is 6.07 Å². The lowest BCUT2D eigenvalue weighted by Gasteiger charge is -2.01. The fourth-order valence-corrected chi connectivity index (χ4v) is 1.59. The van der Waals surface area contributed by atoms with E-state index in [4.69, 9.17) is 0 Å². The van der Waals surface area contributed by atoms with Crippen molar-refractivity contribution >= 4 is 17.1 Å². The molecule has 2 rings (SSSR count). The molecule has 0 aliphatic rings. The Morgan fingerprint density at radius 2 is 1.73 bits per heavy atom. The van der Waals surface area contributed by atoms with Gasteiger partial charge < -0.3 is 0 Å². The van der Waals surface area contributed by atoms with Gasteiger partial charge in [-0.2, -0.15) is 0 Å². The molecule has 2 aromatic carbocycles. The molecule has 0 saturated heterocycles. The minimum absolute atomic E-state index is 0.774. The van der Waals surface area contributed by atoms with E-state index in [9.17, 15) is 4.79 Å². The number of fused-ring (bicyclic) bond motifs is 1. The van der Waals surface area contributed by atoms with Gasteiger partial charge in [-0.15, -0.1) is 0 Å². The number of hydrogen-bond acceptors (Lipinski definition) is 1. The summed E-state index contributed by atoms with van der Waals surface area (Å²) in [6.07, 6.45) is 0.912. The van der Waals surface area contributed by atoms with E-state index in [1.165, 1.54) is 0 Å². The molecule has 0 aromatic heterocycles. The highest BCUT2D eigenvalue weighted by Crippen LogP contribution is 2.19. The minimum atomic E-state index is 0.774. The molecule has 0 fully saturated rings. The molecule has 2 aromatic rings. The Morgan fingerprint density at radius 3 is 2.40 bits per heavy atom. The van der Waals surface area contributed by atoms with E-state index >= 15 is 0 Å². The first-order valence-corrected chi connectivity index (χ1v) is 5.26. The van der Waals surface area contributed by atoms with Crippen LogP contribution in [0.25, 0.3) is 10.8 Å². The summed E-state index contributed by atoms with van der Waals surface area (Å²) in [4.78, 5) is 10.8. The molecule has 0 N–H and O–H groups in total. The molecule has 0 atom stereocenters. The van der Waals surface area contributed by atoms with Crippen molar-refractivity contribution in [2.75, 3.05) is 0 Å². The average Bonchev–Trinajstić information content (AvgIpc) is 2.30. The third kappa shape index (κ3) is 2.44. The fourth-order valence-electron chi connectivity index (χ4n) is 1.59. The molecule has 0 unspecified atom stereocenters. The zero-order valence-corrected chi connectivity index (χ0v) is 9.45. The van der Waals surface area contributed by atoms with Crippen LogP contribution in [0.2, 0.25) is 0 Å². The Bertz CT molecular complexity index is 458. The van der Waals surface area contributed by atoms with Gasteiger partial charge in [-0.05, 0) is 29.3 Å². The standard InChI is InChI=1S/C12H10O.C2H6/c1-9-6-10-4-2-3-5-12(10)11(7-9)8-13;1-2/h2-8H,1H3;1-2H3. The van der Waals surface area contributed by atoms with Gasteiger partial charge in [0.1, 0.15) is 0 Å². The van der Waals surface area contributed by atoms with Crippen molar-refractivity contribution in [2.45, 2.75) is 20.8 Å². The molecule has 0 spiro atoms. The van der Waals surface area contributed by atoms with E-state index in [-0.39, 0.29) is 0 Å². The zero-order valence-electron chi connectivity index (χ0n) is 9.45. The van der Waals surface area contributed by atoms with Gasteiger partial charge >= 0.3 is 0 Å². The van der Waals surface area contributed by atoms with Crippen LogP contribution in [-0.2, 0) is 0 Å². The van der Waals surface area contributed by atoms with Crippen molar-refractivity contribution in [1.82, 2.24) is 0 Å². The van der Waals surface area contributed by atoms with Crippen molar-refractivity contribution in [2.24, 2.45) is 0 Å². The Kier molecular flexibility index (Phi) is 4.04.